The Morgan fingerprint density at radius 1 is 1.50 bits per heavy atom. The van der Waals surface area contributed by atoms with Gasteiger partial charge >= 0.3 is 0 Å². The van der Waals surface area contributed by atoms with Gasteiger partial charge in [-0.1, -0.05) is 13.8 Å². The van der Waals surface area contributed by atoms with E-state index in [1.165, 1.54) is 0 Å². The molecular formula is C13H23N3OS. The van der Waals surface area contributed by atoms with Crippen molar-refractivity contribution in [3.05, 3.63) is 22.7 Å². The summed E-state index contributed by atoms with van der Waals surface area (Å²) in [6, 6.07) is 0.279. The van der Waals surface area contributed by atoms with E-state index >= 15 is 0 Å². The summed E-state index contributed by atoms with van der Waals surface area (Å²) in [5, 5.41) is 3.21. The fourth-order valence-electron chi connectivity index (χ4n) is 1.67. The van der Waals surface area contributed by atoms with E-state index in [-0.39, 0.29) is 11.6 Å². The summed E-state index contributed by atoms with van der Waals surface area (Å²) in [5.41, 5.74) is -0.0191. The van der Waals surface area contributed by atoms with Crippen LogP contribution in [-0.4, -0.2) is 27.1 Å². The highest BCUT2D eigenvalue weighted by Crippen LogP contribution is 2.06. The fourth-order valence-corrected chi connectivity index (χ4v) is 2.48. The van der Waals surface area contributed by atoms with Crippen LogP contribution in [0.4, 0.5) is 5.82 Å². The van der Waals surface area contributed by atoms with Gasteiger partial charge < -0.3 is 9.88 Å². The number of aromatic nitrogens is 2. The van der Waals surface area contributed by atoms with Gasteiger partial charge in [0.2, 0.25) is 0 Å². The minimum atomic E-state index is -0.0191. The number of aryl methyl sites for hydroxylation is 1. The smallest absolute Gasteiger partial charge is 0.293 e. The van der Waals surface area contributed by atoms with Crippen molar-refractivity contribution in [1.29, 1.82) is 0 Å². The molecule has 1 aromatic heterocycles. The van der Waals surface area contributed by atoms with Crippen LogP contribution in [-0.2, 0) is 6.54 Å². The highest BCUT2D eigenvalue weighted by molar-refractivity contribution is 7.99. The molecule has 1 N–H and O–H groups in total. The predicted octanol–water partition coefficient (Wildman–Crippen LogP) is 2.60. The molecule has 1 atom stereocenters. The Hall–Kier alpha value is -0.970. The molecule has 1 heterocycles. The van der Waals surface area contributed by atoms with Crippen LogP contribution in [0.5, 0.6) is 0 Å². The van der Waals surface area contributed by atoms with Gasteiger partial charge in [0, 0.05) is 25.0 Å². The number of nitrogens with zero attached hydrogens (tertiary/aromatic N) is 2. The molecule has 0 amide bonds. The molecule has 0 spiro atoms. The number of thioether (sulfide) groups is 1. The van der Waals surface area contributed by atoms with Crippen LogP contribution in [0.3, 0.4) is 0 Å². The van der Waals surface area contributed by atoms with Gasteiger partial charge in [-0.05, 0) is 31.3 Å². The lowest BCUT2D eigenvalue weighted by molar-refractivity contribution is 0.646. The van der Waals surface area contributed by atoms with Crippen molar-refractivity contribution in [2.45, 2.75) is 46.2 Å². The van der Waals surface area contributed by atoms with Crippen molar-refractivity contribution < 1.29 is 0 Å². The number of hydrogen-bond donors (Lipinski definition) is 1. The van der Waals surface area contributed by atoms with Crippen LogP contribution in [0.1, 0.15) is 33.6 Å². The summed E-state index contributed by atoms with van der Waals surface area (Å²) in [6.45, 7) is 7.06. The van der Waals surface area contributed by atoms with E-state index in [1.807, 2.05) is 11.8 Å². The second-order valence-corrected chi connectivity index (χ2v) is 5.70. The molecule has 1 unspecified atom stereocenters. The number of anilines is 1. The van der Waals surface area contributed by atoms with Gasteiger partial charge in [-0.2, -0.15) is 11.8 Å². The predicted molar refractivity (Wildman–Crippen MR) is 79.5 cm³/mol. The Bertz CT molecular complexity index is 405. The molecule has 4 nitrogen and oxygen atoms in total. The van der Waals surface area contributed by atoms with E-state index in [2.05, 4.69) is 31.1 Å². The van der Waals surface area contributed by atoms with Crippen LogP contribution in [0, 0.1) is 0 Å². The highest BCUT2D eigenvalue weighted by Gasteiger charge is 2.07. The summed E-state index contributed by atoms with van der Waals surface area (Å²) in [7, 11) is 0. The van der Waals surface area contributed by atoms with E-state index in [9.17, 15) is 4.79 Å². The van der Waals surface area contributed by atoms with E-state index in [4.69, 9.17) is 0 Å². The molecule has 0 aliphatic carbocycles. The number of nitrogens with one attached hydrogen (secondary N) is 1. The lowest BCUT2D eigenvalue weighted by atomic mass is 10.2. The SMILES string of the molecule is CCCn1ccnc(NC(C)CCSCC)c1=O. The molecule has 0 fully saturated rings. The highest BCUT2D eigenvalue weighted by atomic mass is 32.2. The van der Waals surface area contributed by atoms with Gasteiger partial charge in [-0.3, -0.25) is 4.79 Å². The monoisotopic (exact) mass is 269 g/mol. The summed E-state index contributed by atoms with van der Waals surface area (Å²) >= 11 is 1.92. The Morgan fingerprint density at radius 3 is 2.94 bits per heavy atom. The van der Waals surface area contributed by atoms with Gasteiger partial charge in [0.25, 0.3) is 5.56 Å². The lowest BCUT2D eigenvalue weighted by Crippen LogP contribution is -2.28. The third-order valence-corrected chi connectivity index (χ3v) is 3.59. The number of hydrogen-bond acceptors (Lipinski definition) is 4. The molecule has 0 bridgehead atoms. The summed E-state index contributed by atoms with van der Waals surface area (Å²) in [6.07, 6.45) is 5.43. The molecule has 0 saturated heterocycles. The maximum Gasteiger partial charge on any atom is 0.293 e. The maximum absolute atomic E-state index is 12.1. The molecule has 18 heavy (non-hydrogen) atoms. The second-order valence-electron chi connectivity index (χ2n) is 4.31. The van der Waals surface area contributed by atoms with Crippen molar-refractivity contribution in [2.75, 3.05) is 16.8 Å². The van der Waals surface area contributed by atoms with Gasteiger partial charge in [-0.15, -0.1) is 0 Å². The van der Waals surface area contributed by atoms with Crippen LogP contribution < -0.4 is 10.9 Å². The van der Waals surface area contributed by atoms with Crippen LogP contribution >= 0.6 is 11.8 Å². The lowest BCUT2D eigenvalue weighted by Gasteiger charge is -2.14. The first-order valence-corrected chi connectivity index (χ1v) is 7.74. The van der Waals surface area contributed by atoms with E-state index in [1.54, 1.807) is 17.0 Å². The average Bonchev–Trinajstić information content (AvgIpc) is 2.35. The molecule has 0 aliphatic heterocycles. The van der Waals surface area contributed by atoms with E-state index in [0.29, 0.717) is 5.82 Å². The molecule has 0 aliphatic rings. The quantitative estimate of drug-likeness (QED) is 0.737. The normalized spacial score (nSPS) is 12.4. The van der Waals surface area contributed by atoms with Crippen molar-refractivity contribution in [1.82, 2.24) is 9.55 Å². The standard InChI is InChI=1S/C13H23N3OS/c1-4-8-16-9-7-14-12(13(16)17)15-11(3)6-10-18-5-2/h7,9,11H,4-6,8,10H2,1-3H3,(H,14,15). The fraction of sp³-hybridized carbons (Fsp3) is 0.692. The zero-order valence-corrected chi connectivity index (χ0v) is 12.3. The Kier molecular flexibility index (Phi) is 6.86. The molecule has 102 valence electrons. The van der Waals surface area contributed by atoms with E-state index < -0.39 is 0 Å². The first-order valence-electron chi connectivity index (χ1n) is 6.58. The molecular weight excluding hydrogens is 246 g/mol. The molecule has 1 rings (SSSR count). The molecule has 5 heteroatoms. The first-order chi connectivity index (χ1) is 8.69. The molecule has 0 saturated carbocycles. The minimum Gasteiger partial charge on any atom is -0.363 e. The molecule has 0 aromatic carbocycles. The van der Waals surface area contributed by atoms with Crippen LogP contribution in [0.25, 0.3) is 0 Å². The van der Waals surface area contributed by atoms with Gasteiger partial charge in [0.05, 0.1) is 0 Å². The number of rotatable bonds is 8. The zero-order chi connectivity index (χ0) is 13.4. The first kappa shape index (κ1) is 15.1. The molecule has 1 aromatic rings. The Morgan fingerprint density at radius 2 is 2.28 bits per heavy atom. The van der Waals surface area contributed by atoms with Gasteiger partial charge in [-0.25, -0.2) is 4.98 Å². The second kappa shape index (κ2) is 8.19. The third kappa shape index (κ3) is 4.72. The summed E-state index contributed by atoms with van der Waals surface area (Å²) < 4.78 is 1.71. The Labute approximate surface area is 113 Å². The van der Waals surface area contributed by atoms with Crippen molar-refractivity contribution in [3.63, 3.8) is 0 Å². The third-order valence-electron chi connectivity index (χ3n) is 2.66. The minimum absolute atomic E-state index is 0.0191. The zero-order valence-electron chi connectivity index (χ0n) is 11.5. The van der Waals surface area contributed by atoms with Crippen molar-refractivity contribution in [2.24, 2.45) is 0 Å². The topological polar surface area (TPSA) is 46.9 Å². The largest absolute Gasteiger partial charge is 0.363 e. The van der Waals surface area contributed by atoms with Crippen LogP contribution in [0.2, 0.25) is 0 Å². The summed E-state index contributed by atoms with van der Waals surface area (Å²) in [4.78, 5) is 16.2. The van der Waals surface area contributed by atoms with Gasteiger partial charge in [0.15, 0.2) is 5.82 Å². The molecule has 0 radical (unpaired) electrons. The van der Waals surface area contributed by atoms with E-state index in [0.717, 1.165) is 30.9 Å². The van der Waals surface area contributed by atoms with Crippen molar-refractivity contribution >= 4 is 17.6 Å². The van der Waals surface area contributed by atoms with Crippen LogP contribution in [0.15, 0.2) is 17.2 Å². The van der Waals surface area contributed by atoms with Crippen molar-refractivity contribution in [3.8, 4) is 0 Å². The Balaban J connectivity index is 2.61. The van der Waals surface area contributed by atoms with Gasteiger partial charge in [0.1, 0.15) is 0 Å². The average molecular weight is 269 g/mol. The maximum atomic E-state index is 12.1. The summed E-state index contributed by atoms with van der Waals surface area (Å²) in [5.74, 6) is 2.72.